The Morgan fingerprint density at radius 2 is 1.93 bits per heavy atom. The molecule has 1 aromatic carbocycles. The first-order valence-electron chi connectivity index (χ1n) is 10.2. The number of hydrogen-bond acceptors (Lipinski definition) is 3. The molecule has 152 valence electrons. The number of esters is 1. The number of ether oxygens (including phenoxy) is 1. The Labute approximate surface area is 171 Å². The molecule has 0 aliphatic rings. The topological polar surface area (TPSA) is 26.3 Å². The minimum atomic E-state index is -0.145. The average Bonchev–Trinajstić information content (AvgIpc) is 2.55. The number of thioether (sulfide) groups is 1. The molecule has 0 saturated heterocycles. The van der Waals surface area contributed by atoms with Crippen LogP contribution >= 0.6 is 11.8 Å². The van der Waals surface area contributed by atoms with Gasteiger partial charge in [0.25, 0.3) is 0 Å². The van der Waals surface area contributed by atoms with E-state index in [0.29, 0.717) is 12.2 Å². The van der Waals surface area contributed by atoms with Gasteiger partial charge >= 0.3 is 5.97 Å². The van der Waals surface area contributed by atoms with E-state index in [4.69, 9.17) is 4.74 Å². The lowest BCUT2D eigenvalue weighted by Crippen LogP contribution is -2.16. The normalized spacial score (nSPS) is 12.6. The van der Waals surface area contributed by atoms with Gasteiger partial charge in [0.15, 0.2) is 0 Å². The van der Waals surface area contributed by atoms with E-state index < -0.39 is 0 Å². The Hall–Kier alpha value is -1.22. The number of rotatable bonds is 10. The van der Waals surface area contributed by atoms with Crippen molar-refractivity contribution in [2.75, 3.05) is 5.75 Å². The first kappa shape index (κ1) is 23.8. The lowest BCUT2D eigenvalue weighted by Gasteiger charge is -2.23. The van der Waals surface area contributed by atoms with Gasteiger partial charge in [-0.15, -0.1) is 11.8 Å². The Balaban J connectivity index is 2.69. The standard InChI is InChI=1S/C24H38O2S/c1-8-10-23(25)26-22-14-13-20(17-21(22)24(5,6)7)27-16-15-19(4)12-9-11-18(2)3/h11,13-14,17,19H,8-10,12,15-16H2,1-7H3. The quantitative estimate of drug-likeness (QED) is 0.178. The van der Waals surface area contributed by atoms with Crippen molar-refractivity contribution in [1.29, 1.82) is 0 Å². The first-order valence-corrected chi connectivity index (χ1v) is 11.2. The highest BCUT2D eigenvalue weighted by Crippen LogP contribution is 2.35. The maximum atomic E-state index is 11.9. The van der Waals surface area contributed by atoms with Crippen LogP contribution in [0.3, 0.4) is 0 Å². The summed E-state index contributed by atoms with van der Waals surface area (Å²) in [7, 11) is 0. The maximum Gasteiger partial charge on any atom is 0.311 e. The van der Waals surface area contributed by atoms with E-state index in [0.717, 1.165) is 23.7 Å². The number of allylic oxidation sites excluding steroid dienone is 2. The molecule has 1 rings (SSSR count). The fourth-order valence-corrected chi connectivity index (χ4v) is 3.95. The SMILES string of the molecule is CCCC(=O)Oc1ccc(SCCC(C)CCC=C(C)C)cc1C(C)(C)C. The van der Waals surface area contributed by atoms with E-state index >= 15 is 0 Å². The van der Waals surface area contributed by atoms with Crippen LogP contribution in [0.15, 0.2) is 34.7 Å². The van der Waals surface area contributed by atoms with Gasteiger partial charge < -0.3 is 4.74 Å². The maximum absolute atomic E-state index is 11.9. The molecular weight excluding hydrogens is 352 g/mol. The number of carbonyl (C=O) groups excluding carboxylic acids is 1. The summed E-state index contributed by atoms with van der Waals surface area (Å²) in [5.74, 6) is 2.42. The number of carbonyl (C=O) groups is 1. The Morgan fingerprint density at radius 3 is 2.52 bits per heavy atom. The predicted molar refractivity (Wildman–Crippen MR) is 119 cm³/mol. The minimum absolute atomic E-state index is 0.0595. The molecule has 0 spiro atoms. The summed E-state index contributed by atoms with van der Waals surface area (Å²) in [4.78, 5) is 13.2. The van der Waals surface area contributed by atoms with Crippen LogP contribution in [0.2, 0.25) is 0 Å². The van der Waals surface area contributed by atoms with Crippen LogP contribution in [0.4, 0.5) is 0 Å². The van der Waals surface area contributed by atoms with Crippen LogP contribution < -0.4 is 4.74 Å². The van der Waals surface area contributed by atoms with Crippen LogP contribution in [-0.4, -0.2) is 11.7 Å². The molecular formula is C24H38O2S. The Bertz CT molecular complexity index is 622. The second-order valence-electron chi connectivity index (χ2n) is 8.73. The molecule has 1 atom stereocenters. The van der Waals surface area contributed by atoms with Gasteiger partial charge in [-0.25, -0.2) is 0 Å². The zero-order valence-electron chi connectivity index (χ0n) is 18.4. The summed E-state index contributed by atoms with van der Waals surface area (Å²) in [6.45, 7) is 15.2. The Kier molecular flexibility index (Phi) is 10.2. The highest BCUT2D eigenvalue weighted by atomic mass is 32.2. The monoisotopic (exact) mass is 390 g/mol. The smallest absolute Gasteiger partial charge is 0.311 e. The van der Waals surface area contributed by atoms with Crippen molar-refractivity contribution in [1.82, 2.24) is 0 Å². The van der Waals surface area contributed by atoms with Crippen molar-refractivity contribution >= 4 is 17.7 Å². The van der Waals surface area contributed by atoms with E-state index in [9.17, 15) is 4.79 Å². The van der Waals surface area contributed by atoms with E-state index in [1.54, 1.807) is 0 Å². The number of benzene rings is 1. The molecule has 1 aromatic rings. The van der Waals surface area contributed by atoms with Crippen LogP contribution in [0, 0.1) is 5.92 Å². The van der Waals surface area contributed by atoms with E-state index in [1.807, 2.05) is 24.8 Å². The summed E-state index contributed by atoms with van der Waals surface area (Å²) in [6.07, 6.45) is 7.26. The fraction of sp³-hybridized carbons (Fsp3) is 0.625. The van der Waals surface area contributed by atoms with Gasteiger partial charge in [0.05, 0.1) is 0 Å². The fourth-order valence-electron chi connectivity index (χ4n) is 2.83. The van der Waals surface area contributed by atoms with Crippen LogP contribution in [0.25, 0.3) is 0 Å². The van der Waals surface area contributed by atoms with Crippen molar-refractivity contribution in [2.24, 2.45) is 5.92 Å². The van der Waals surface area contributed by atoms with Gasteiger partial charge in [-0.05, 0) is 74.8 Å². The van der Waals surface area contributed by atoms with Gasteiger partial charge in [-0.1, -0.05) is 46.3 Å². The summed E-state index contributed by atoms with van der Waals surface area (Å²) in [5, 5.41) is 0. The van der Waals surface area contributed by atoms with Gasteiger partial charge in [-0.3, -0.25) is 4.79 Å². The van der Waals surface area contributed by atoms with Gasteiger partial charge in [0.2, 0.25) is 0 Å². The molecule has 0 fully saturated rings. The van der Waals surface area contributed by atoms with Crippen molar-refractivity contribution in [2.45, 2.75) is 90.9 Å². The lowest BCUT2D eigenvalue weighted by molar-refractivity contribution is -0.134. The van der Waals surface area contributed by atoms with Gasteiger partial charge in [0.1, 0.15) is 5.75 Å². The first-order chi connectivity index (χ1) is 12.6. The molecule has 3 heteroatoms. The molecule has 0 aliphatic heterocycles. The van der Waals surface area contributed by atoms with E-state index in [2.05, 4.69) is 59.8 Å². The average molecular weight is 391 g/mol. The second kappa shape index (κ2) is 11.6. The molecule has 0 saturated carbocycles. The molecule has 0 bridgehead atoms. The molecule has 0 amide bonds. The molecule has 0 heterocycles. The summed E-state index contributed by atoms with van der Waals surface area (Å²) < 4.78 is 5.62. The lowest BCUT2D eigenvalue weighted by atomic mass is 9.86. The highest BCUT2D eigenvalue weighted by Gasteiger charge is 2.21. The summed E-state index contributed by atoms with van der Waals surface area (Å²) in [5.41, 5.74) is 2.45. The van der Waals surface area contributed by atoms with Crippen molar-refractivity contribution in [3.63, 3.8) is 0 Å². The zero-order chi connectivity index (χ0) is 20.4. The minimum Gasteiger partial charge on any atom is -0.426 e. The third kappa shape index (κ3) is 9.51. The van der Waals surface area contributed by atoms with Crippen molar-refractivity contribution < 1.29 is 9.53 Å². The Morgan fingerprint density at radius 1 is 1.22 bits per heavy atom. The van der Waals surface area contributed by atoms with Crippen molar-refractivity contribution in [3.05, 3.63) is 35.4 Å². The molecule has 27 heavy (non-hydrogen) atoms. The van der Waals surface area contributed by atoms with E-state index in [1.165, 1.54) is 29.7 Å². The molecule has 0 N–H and O–H groups in total. The summed E-state index contributed by atoms with van der Waals surface area (Å²) in [6, 6.07) is 6.25. The van der Waals surface area contributed by atoms with Crippen LogP contribution in [0.5, 0.6) is 5.75 Å². The largest absolute Gasteiger partial charge is 0.426 e. The number of hydrogen-bond donors (Lipinski definition) is 0. The van der Waals surface area contributed by atoms with Crippen LogP contribution in [0.1, 0.15) is 86.1 Å². The predicted octanol–water partition coefficient (Wildman–Crippen LogP) is 7.55. The van der Waals surface area contributed by atoms with E-state index in [-0.39, 0.29) is 11.4 Å². The highest BCUT2D eigenvalue weighted by molar-refractivity contribution is 7.99. The second-order valence-corrected chi connectivity index (χ2v) is 9.90. The molecule has 2 nitrogen and oxygen atoms in total. The third-order valence-electron chi connectivity index (χ3n) is 4.53. The third-order valence-corrected chi connectivity index (χ3v) is 5.56. The zero-order valence-corrected chi connectivity index (χ0v) is 19.2. The van der Waals surface area contributed by atoms with Crippen LogP contribution in [-0.2, 0) is 10.2 Å². The van der Waals surface area contributed by atoms with Gasteiger partial charge in [-0.2, -0.15) is 0 Å². The van der Waals surface area contributed by atoms with Crippen molar-refractivity contribution in [3.8, 4) is 5.75 Å². The summed E-state index contributed by atoms with van der Waals surface area (Å²) >= 11 is 1.90. The molecule has 1 unspecified atom stereocenters. The molecule has 0 aliphatic carbocycles. The molecule has 0 aromatic heterocycles. The van der Waals surface area contributed by atoms with Gasteiger partial charge in [0, 0.05) is 16.9 Å². The molecule has 0 radical (unpaired) electrons.